The van der Waals surface area contributed by atoms with Crippen LogP contribution < -0.4 is 10.5 Å². The van der Waals surface area contributed by atoms with Crippen molar-refractivity contribution in [1.82, 2.24) is 4.98 Å². The smallest absolute Gasteiger partial charge is 0.163 e. The lowest BCUT2D eigenvalue weighted by atomic mass is 10.1. The van der Waals surface area contributed by atoms with Crippen molar-refractivity contribution in [2.75, 3.05) is 12.8 Å². The predicted octanol–water partition coefficient (Wildman–Crippen LogP) is 2.61. The largest absolute Gasteiger partial charge is 0.497 e. The van der Waals surface area contributed by atoms with Gasteiger partial charge in [0.25, 0.3) is 0 Å². The van der Waals surface area contributed by atoms with Gasteiger partial charge < -0.3 is 15.5 Å². The molecule has 0 saturated carbocycles. The Labute approximate surface area is 104 Å². The maximum absolute atomic E-state index is 13.8. The van der Waals surface area contributed by atoms with Gasteiger partial charge in [0, 0.05) is 11.6 Å². The molecule has 0 aliphatic rings. The van der Waals surface area contributed by atoms with Crippen LogP contribution in [0.1, 0.15) is 17.3 Å². The number of methoxy groups -OCH3 is 1. The van der Waals surface area contributed by atoms with Gasteiger partial charge in [-0.3, -0.25) is 4.79 Å². The minimum atomic E-state index is -0.439. The Hall–Kier alpha value is -2.30. The second-order valence-electron chi connectivity index (χ2n) is 3.91. The van der Waals surface area contributed by atoms with Crippen molar-refractivity contribution in [2.24, 2.45) is 0 Å². The Morgan fingerprint density at radius 2 is 2.11 bits per heavy atom. The first-order chi connectivity index (χ1) is 8.52. The number of nitrogens with one attached hydrogen (secondary N) is 1. The molecule has 0 radical (unpaired) electrons. The zero-order chi connectivity index (χ0) is 13.3. The molecule has 2 rings (SSSR count). The fraction of sp³-hybridized carbons (Fsp3) is 0.154. The summed E-state index contributed by atoms with van der Waals surface area (Å²) < 4.78 is 18.8. The molecule has 4 nitrogen and oxygen atoms in total. The van der Waals surface area contributed by atoms with Gasteiger partial charge in [-0.05, 0) is 25.1 Å². The SMILES string of the molecule is COc1ccc(-c2cc(C(C)=O)c(N)[nH]2)c(F)c1. The second kappa shape index (κ2) is 4.52. The topological polar surface area (TPSA) is 68.1 Å². The summed E-state index contributed by atoms with van der Waals surface area (Å²) >= 11 is 0. The van der Waals surface area contributed by atoms with Crippen LogP contribution in [0.5, 0.6) is 5.75 Å². The van der Waals surface area contributed by atoms with Gasteiger partial charge in [-0.1, -0.05) is 0 Å². The molecule has 0 saturated heterocycles. The normalized spacial score (nSPS) is 10.4. The molecule has 0 atom stereocenters. The van der Waals surface area contributed by atoms with E-state index in [0.717, 1.165) is 0 Å². The van der Waals surface area contributed by atoms with E-state index in [1.807, 2.05) is 0 Å². The summed E-state index contributed by atoms with van der Waals surface area (Å²) in [5.74, 6) is 0.0740. The molecule has 0 aliphatic carbocycles. The number of carbonyl (C=O) groups is 1. The van der Waals surface area contributed by atoms with Crippen LogP contribution in [0.15, 0.2) is 24.3 Å². The van der Waals surface area contributed by atoms with Gasteiger partial charge in [0.2, 0.25) is 0 Å². The monoisotopic (exact) mass is 248 g/mol. The van der Waals surface area contributed by atoms with Crippen molar-refractivity contribution in [3.63, 3.8) is 0 Å². The number of nitrogens with two attached hydrogens (primary N) is 1. The molecular weight excluding hydrogens is 235 g/mol. The average molecular weight is 248 g/mol. The first kappa shape index (κ1) is 12.2. The molecule has 1 aromatic carbocycles. The van der Waals surface area contributed by atoms with Gasteiger partial charge in [0.05, 0.1) is 18.4 Å². The number of rotatable bonds is 3. The molecule has 5 heteroatoms. The van der Waals surface area contributed by atoms with Crippen LogP contribution in [-0.2, 0) is 0 Å². The number of benzene rings is 1. The molecule has 0 aliphatic heterocycles. The maximum atomic E-state index is 13.8. The summed E-state index contributed by atoms with van der Waals surface area (Å²) in [7, 11) is 1.47. The summed E-state index contributed by atoms with van der Waals surface area (Å²) in [5.41, 5.74) is 6.84. The van der Waals surface area contributed by atoms with Gasteiger partial charge in [-0.15, -0.1) is 0 Å². The lowest BCUT2D eigenvalue weighted by Gasteiger charge is -2.03. The molecule has 1 heterocycles. The number of hydrogen-bond acceptors (Lipinski definition) is 3. The first-order valence-corrected chi connectivity index (χ1v) is 5.36. The molecule has 0 spiro atoms. The Morgan fingerprint density at radius 3 is 2.61 bits per heavy atom. The van der Waals surface area contributed by atoms with Crippen LogP contribution in [0.3, 0.4) is 0 Å². The highest BCUT2D eigenvalue weighted by Crippen LogP contribution is 2.28. The van der Waals surface area contributed by atoms with Crippen LogP contribution >= 0.6 is 0 Å². The lowest BCUT2D eigenvalue weighted by Crippen LogP contribution is -1.95. The molecule has 0 bridgehead atoms. The summed E-state index contributed by atoms with van der Waals surface area (Å²) in [6.07, 6.45) is 0. The predicted molar refractivity (Wildman–Crippen MR) is 67.2 cm³/mol. The molecule has 2 aromatic rings. The van der Waals surface area contributed by atoms with Crippen LogP contribution in [0.4, 0.5) is 10.2 Å². The van der Waals surface area contributed by atoms with E-state index in [9.17, 15) is 9.18 Å². The van der Waals surface area contributed by atoms with Crippen LogP contribution in [-0.4, -0.2) is 17.9 Å². The fourth-order valence-corrected chi connectivity index (χ4v) is 1.75. The van der Waals surface area contributed by atoms with Crippen molar-refractivity contribution in [2.45, 2.75) is 6.92 Å². The Morgan fingerprint density at radius 1 is 1.39 bits per heavy atom. The summed E-state index contributed by atoms with van der Waals surface area (Å²) in [4.78, 5) is 14.1. The van der Waals surface area contributed by atoms with E-state index < -0.39 is 5.82 Å². The molecule has 0 amide bonds. The Bertz CT molecular complexity index is 605. The third-order valence-corrected chi connectivity index (χ3v) is 2.69. The van der Waals surface area contributed by atoms with Gasteiger partial charge in [0.15, 0.2) is 5.78 Å². The highest BCUT2D eigenvalue weighted by molar-refractivity contribution is 6.00. The molecule has 0 fully saturated rings. The summed E-state index contributed by atoms with van der Waals surface area (Å²) in [6, 6.07) is 6.04. The van der Waals surface area contributed by atoms with Crippen molar-refractivity contribution in [1.29, 1.82) is 0 Å². The van der Waals surface area contributed by atoms with Crippen molar-refractivity contribution in [3.8, 4) is 17.0 Å². The minimum Gasteiger partial charge on any atom is -0.497 e. The summed E-state index contributed by atoms with van der Waals surface area (Å²) in [6.45, 7) is 1.41. The Balaban J connectivity index is 2.49. The zero-order valence-corrected chi connectivity index (χ0v) is 10.1. The Kier molecular flexibility index (Phi) is 3.06. The lowest BCUT2D eigenvalue weighted by molar-refractivity contribution is 0.101. The maximum Gasteiger partial charge on any atom is 0.163 e. The molecule has 94 valence electrons. The average Bonchev–Trinajstić information content (AvgIpc) is 2.71. The number of ether oxygens (including phenoxy) is 1. The number of halogens is 1. The first-order valence-electron chi connectivity index (χ1n) is 5.36. The van der Waals surface area contributed by atoms with E-state index in [1.165, 1.54) is 20.1 Å². The molecular formula is C13H13FN2O2. The third kappa shape index (κ3) is 2.07. The number of aromatic amines is 1. The number of H-pyrrole nitrogens is 1. The minimum absolute atomic E-state index is 0.163. The highest BCUT2D eigenvalue weighted by Gasteiger charge is 2.13. The summed E-state index contributed by atoms with van der Waals surface area (Å²) in [5, 5.41) is 0. The van der Waals surface area contributed by atoms with Crippen molar-refractivity contribution >= 4 is 11.6 Å². The quantitative estimate of drug-likeness (QED) is 0.820. The zero-order valence-electron chi connectivity index (χ0n) is 10.1. The molecule has 0 unspecified atom stereocenters. The number of Topliss-reactive ketones (excluding diaryl/α,β-unsaturated/α-hetero) is 1. The highest BCUT2D eigenvalue weighted by atomic mass is 19.1. The number of ketones is 1. The van der Waals surface area contributed by atoms with E-state index in [0.29, 0.717) is 22.6 Å². The number of carbonyl (C=O) groups excluding carboxylic acids is 1. The van der Waals surface area contributed by atoms with Gasteiger partial charge in [-0.25, -0.2) is 4.39 Å². The van der Waals surface area contributed by atoms with Gasteiger partial charge in [0.1, 0.15) is 17.4 Å². The van der Waals surface area contributed by atoms with Gasteiger partial charge in [-0.2, -0.15) is 0 Å². The molecule has 18 heavy (non-hydrogen) atoms. The number of hydrogen-bond donors (Lipinski definition) is 2. The van der Waals surface area contributed by atoms with E-state index in [2.05, 4.69) is 4.98 Å². The number of nitrogen functional groups attached to an aromatic ring is 1. The van der Waals surface area contributed by atoms with Gasteiger partial charge >= 0.3 is 0 Å². The second-order valence-corrected chi connectivity index (χ2v) is 3.91. The van der Waals surface area contributed by atoms with E-state index in [1.54, 1.807) is 18.2 Å². The van der Waals surface area contributed by atoms with Crippen LogP contribution in [0.25, 0.3) is 11.3 Å². The van der Waals surface area contributed by atoms with Crippen molar-refractivity contribution in [3.05, 3.63) is 35.6 Å². The molecule has 3 N–H and O–H groups in total. The van der Waals surface area contributed by atoms with Crippen LogP contribution in [0.2, 0.25) is 0 Å². The van der Waals surface area contributed by atoms with Crippen molar-refractivity contribution < 1.29 is 13.9 Å². The molecule has 1 aromatic heterocycles. The van der Waals surface area contributed by atoms with Crippen LogP contribution in [0, 0.1) is 5.82 Å². The van der Waals surface area contributed by atoms with E-state index >= 15 is 0 Å². The fourth-order valence-electron chi connectivity index (χ4n) is 1.75. The standard InChI is InChI=1S/C13H13FN2O2/c1-7(17)10-6-12(16-13(10)15)9-4-3-8(18-2)5-11(9)14/h3-6,16H,15H2,1-2H3. The third-order valence-electron chi connectivity index (χ3n) is 2.69. The van der Waals surface area contributed by atoms with E-state index in [-0.39, 0.29) is 11.6 Å². The number of aromatic nitrogens is 1. The van der Waals surface area contributed by atoms with E-state index in [4.69, 9.17) is 10.5 Å². The number of anilines is 1.